The highest BCUT2D eigenvalue weighted by molar-refractivity contribution is 5.77. The summed E-state index contributed by atoms with van der Waals surface area (Å²) in [4.78, 5) is 12.1. The van der Waals surface area contributed by atoms with E-state index in [1.165, 1.54) is 52.1 Å². The number of rotatable bonds is 5. The van der Waals surface area contributed by atoms with Crippen LogP contribution in [0.25, 0.3) is 0 Å². The van der Waals surface area contributed by atoms with Crippen molar-refractivity contribution in [3.05, 3.63) is 0 Å². The van der Waals surface area contributed by atoms with E-state index in [2.05, 4.69) is 5.32 Å². The Morgan fingerprint density at radius 3 is 2.68 bits per heavy atom. The first-order valence-electron chi connectivity index (χ1n) is 8.06. The lowest BCUT2D eigenvalue weighted by atomic mass is 9.75. The lowest BCUT2D eigenvalue weighted by Crippen LogP contribution is -2.46. The van der Waals surface area contributed by atoms with Crippen molar-refractivity contribution in [3.63, 3.8) is 0 Å². The second-order valence-electron chi connectivity index (χ2n) is 6.45. The summed E-state index contributed by atoms with van der Waals surface area (Å²) in [5.41, 5.74) is -0.234. The number of ether oxygens (including phenoxy) is 1. The zero-order chi connectivity index (χ0) is 13.6. The van der Waals surface area contributed by atoms with Gasteiger partial charge in [0, 0.05) is 6.54 Å². The van der Waals surface area contributed by atoms with Crippen LogP contribution in [-0.2, 0) is 9.53 Å². The quantitative estimate of drug-likeness (QED) is 0.777. The lowest BCUT2D eigenvalue weighted by molar-refractivity contribution is -0.154. The van der Waals surface area contributed by atoms with Crippen LogP contribution in [0.4, 0.5) is 0 Å². The first kappa shape index (κ1) is 14.8. The van der Waals surface area contributed by atoms with Crippen LogP contribution < -0.4 is 5.32 Å². The maximum Gasteiger partial charge on any atom is 0.313 e. The summed E-state index contributed by atoms with van der Waals surface area (Å²) in [6.45, 7) is 1.85. The standard InChI is InChI=1S/C16H29NO2/c1-19-15(18)16(11-6-12-17-13-16)10-5-9-14-7-3-2-4-8-14/h14,17H,2-13H2,1H3/t16-/m1/s1. The fourth-order valence-corrected chi connectivity index (χ4v) is 3.88. The first-order valence-corrected chi connectivity index (χ1v) is 8.06. The van der Waals surface area contributed by atoms with Gasteiger partial charge in [-0.3, -0.25) is 4.79 Å². The number of esters is 1. The zero-order valence-electron chi connectivity index (χ0n) is 12.4. The van der Waals surface area contributed by atoms with Crippen molar-refractivity contribution < 1.29 is 9.53 Å². The molecule has 0 spiro atoms. The molecule has 0 aromatic heterocycles. The highest BCUT2D eigenvalue weighted by atomic mass is 16.5. The Bertz CT molecular complexity index is 278. The van der Waals surface area contributed by atoms with Gasteiger partial charge in [-0.05, 0) is 31.7 Å². The van der Waals surface area contributed by atoms with Gasteiger partial charge in [-0.25, -0.2) is 0 Å². The van der Waals surface area contributed by atoms with Crippen LogP contribution in [0.5, 0.6) is 0 Å². The van der Waals surface area contributed by atoms with Gasteiger partial charge in [0.2, 0.25) is 0 Å². The largest absolute Gasteiger partial charge is 0.469 e. The highest BCUT2D eigenvalue weighted by Gasteiger charge is 2.40. The number of methoxy groups -OCH3 is 1. The molecule has 1 N–H and O–H groups in total. The second kappa shape index (κ2) is 7.28. The molecule has 110 valence electrons. The van der Waals surface area contributed by atoms with E-state index in [9.17, 15) is 4.79 Å². The molecule has 2 rings (SSSR count). The molecule has 1 aliphatic carbocycles. The Hall–Kier alpha value is -0.570. The van der Waals surface area contributed by atoms with Gasteiger partial charge >= 0.3 is 5.97 Å². The molecule has 0 aromatic carbocycles. The van der Waals surface area contributed by atoms with E-state index in [0.717, 1.165) is 38.3 Å². The van der Waals surface area contributed by atoms with Gasteiger partial charge in [0.1, 0.15) is 0 Å². The molecule has 0 bridgehead atoms. The second-order valence-corrected chi connectivity index (χ2v) is 6.45. The molecule has 1 saturated heterocycles. The minimum absolute atomic E-state index is 0.00310. The predicted molar refractivity (Wildman–Crippen MR) is 77.0 cm³/mol. The van der Waals surface area contributed by atoms with E-state index in [0.29, 0.717) is 0 Å². The van der Waals surface area contributed by atoms with Crippen LogP contribution in [0.2, 0.25) is 0 Å². The van der Waals surface area contributed by atoms with Crippen LogP contribution in [0.3, 0.4) is 0 Å². The number of piperidine rings is 1. The minimum atomic E-state index is -0.234. The van der Waals surface area contributed by atoms with Crippen LogP contribution >= 0.6 is 0 Å². The molecule has 3 nitrogen and oxygen atoms in total. The van der Waals surface area contributed by atoms with Crippen LogP contribution in [-0.4, -0.2) is 26.2 Å². The molecule has 1 heterocycles. The van der Waals surface area contributed by atoms with Crippen LogP contribution in [0.1, 0.15) is 64.2 Å². The van der Waals surface area contributed by atoms with Crippen molar-refractivity contribution in [2.24, 2.45) is 11.3 Å². The molecule has 1 aliphatic heterocycles. The SMILES string of the molecule is COC(=O)[C@]1(CCCC2CCCCC2)CCCNC1. The Morgan fingerprint density at radius 2 is 2.05 bits per heavy atom. The summed E-state index contributed by atoms with van der Waals surface area (Å²) < 4.78 is 5.06. The van der Waals surface area contributed by atoms with Gasteiger partial charge in [0.15, 0.2) is 0 Å². The summed E-state index contributed by atoms with van der Waals surface area (Å²) >= 11 is 0. The Labute approximate surface area is 117 Å². The summed E-state index contributed by atoms with van der Waals surface area (Å²) in [5, 5.41) is 3.38. The van der Waals surface area contributed by atoms with E-state index in [1.807, 2.05) is 0 Å². The molecule has 1 saturated carbocycles. The minimum Gasteiger partial charge on any atom is -0.469 e. The third-order valence-electron chi connectivity index (χ3n) is 5.08. The van der Waals surface area contributed by atoms with Gasteiger partial charge < -0.3 is 10.1 Å². The average molecular weight is 267 g/mol. The fraction of sp³-hybridized carbons (Fsp3) is 0.938. The van der Waals surface area contributed by atoms with E-state index < -0.39 is 0 Å². The normalized spacial score (nSPS) is 29.1. The Balaban J connectivity index is 1.80. The molecule has 0 unspecified atom stereocenters. The van der Waals surface area contributed by atoms with Crippen LogP contribution in [0, 0.1) is 11.3 Å². The van der Waals surface area contributed by atoms with E-state index in [4.69, 9.17) is 4.74 Å². The first-order chi connectivity index (χ1) is 9.27. The lowest BCUT2D eigenvalue weighted by Gasteiger charge is -2.35. The molecule has 0 aromatic rings. The number of carbonyl (C=O) groups excluding carboxylic acids is 1. The smallest absolute Gasteiger partial charge is 0.313 e. The van der Waals surface area contributed by atoms with Crippen molar-refractivity contribution in [3.8, 4) is 0 Å². The third kappa shape index (κ3) is 3.95. The highest BCUT2D eigenvalue weighted by Crippen LogP contribution is 2.35. The van der Waals surface area contributed by atoms with E-state index >= 15 is 0 Å². The molecular formula is C16H29NO2. The topological polar surface area (TPSA) is 38.3 Å². The van der Waals surface area contributed by atoms with Crippen molar-refractivity contribution in [1.82, 2.24) is 5.32 Å². The third-order valence-corrected chi connectivity index (χ3v) is 5.08. The maximum absolute atomic E-state index is 12.1. The number of hydrogen-bond acceptors (Lipinski definition) is 3. The number of hydrogen-bond donors (Lipinski definition) is 1. The van der Waals surface area contributed by atoms with E-state index in [-0.39, 0.29) is 11.4 Å². The molecule has 3 heteroatoms. The molecule has 2 aliphatic rings. The molecular weight excluding hydrogens is 238 g/mol. The Morgan fingerprint density at radius 1 is 1.26 bits per heavy atom. The maximum atomic E-state index is 12.1. The molecule has 0 amide bonds. The van der Waals surface area contributed by atoms with Gasteiger partial charge in [0.25, 0.3) is 0 Å². The molecule has 2 fully saturated rings. The summed E-state index contributed by atoms with van der Waals surface area (Å²) in [6, 6.07) is 0. The number of nitrogens with one attached hydrogen (secondary N) is 1. The average Bonchev–Trinajstić information content (AvgIpc) is 2.48. The summed E-state index contributed by atoms with van der Waals surface area (Å²) in [7, 11) is 1.53. The summed E-state index contributed by atoms with van der Waals surface area (Å²) in [5.74, 6) is 0.920. The van der Waals surface area contributed by atoms with Gasteiger partial charge in [-0.15, -0.1) is 0 Å². The van der Waals surface area contributed by atoms with Crippen LogP contribution in [0.15, 0.2) is 0 Å². The molecule has 0 radical (unpaired) electrons. The predicted octanol–water partition coefficient (Wildman–Crippen LogP) is 3.28. The van der Waals surface area contributed by atoms with Gasteiger partial charge in [-0.1, -0.05) is 44.9 Å². The van der Waals surface area contributed by atoms with Crippen molar-refractivity contribution in [1.29, 1.82) is 0 Å². The fourth-order valence-electron chi connectivity index (χ4n) is 3.88. The van der Waals surface area contributed by atoms with Gasteiger partial charge in [-0.2, -0.15) is 0 Å². The zero-order valence-corrected chi connectivity index (χ0v) is 12.4. The molecule has 1 atom stereocenters. The van der Waals surface area contributed by atoms with E-state index in [1.54, 1.807) is 0 Å². The monoisotopic (exact) mass is 267 g/mol. The van der Waals surface area contributed by atoms with Gasteiger partial charge in [0.05, 0.1) is 12.5 Å². The van der Waals surface area contributed by atoms with Crippen molar-refractivity contribution in [2.45, 2.75) is 64.2 Å². The van der Waals surface area contributed by atoms with Crippen molar-refractivity contribution in [2.75, 3.05) is 20.2 Å². The molecule has 19 heavy (non-hydrogen) atoms. The number of carbonyl (C=O) groups is 1. The Kier molecular flexibility index (Phi) is 5.68. The van der Waals surface area contributed by atoms with Crippen molar-refractivity contribution >= 4 is 5.97 Å². The summed E-state index contributed by atoms with van der Waals surface area (Å²) in [6.07, 6.45) is 12.6.